The van der Waals surface area contributed by atoms with Crippen LogP contribution in [-0.4, -0.2) is 32.6 Å². The summed E-state index contributed by atoms with van der Waals surface area (Å²) in [6.45, 7) is 12.6. The Morgan fingerprint density at radius 1 is 1.47 bits per heavy atom. The Morgan fingerprint density at radius 2 is 2.05 bits per heavy atom. The first-order valence-corrected chi connectivity index (χ1v) is 7.69. The standard InChI is InChI=1S/C14H23BN2OS/c1-7-17(19(18)14(4,5)6)11(3)12-8-13(15)10(2)16-9-12/h8-9,11H,7H2,1-6H3/t11-,19-/m1/s1. The number of hydrogen-bond acceptors (Lipinski definition) is 2. The number of pyridine rings is 1. The third kappa shape index (κ3) is 3.89. The maximum atomic E-state index is 12.5. The van der Waals surface area contributed by atoms with Gasteiger partial charge in [0.05, 0.1) is 4.75 Å². The van der Waals surface area contributed by atoms with Crippen molar-refractivity contribution in [2.45, 2.75) is 52.3 Å². The Balaban J connectivity index is 3.05. The molecule has 0 spiro atoms. The molecule has 104 valence electrons. The van der Waals surface area contributed by atoms with Crippen LogP contribution in [0.4, 0.5) is 0 Å². The summed E-state index contributed by atoms with van der Waals surface area (Å²) in [6.07, 6.45) is 1.82. The van der Waals surface area contributed by atoms with Gasteiger partial charge in [0.1, 0.15) is 18.8 Å². The molecule has 0 saturated heterocycles. The summed E-state index contributed by atoms with van der Waals surface area (Å²) >= 11 is 0. The van der Waals surface area contributed by atoms with Crippen molar-refractivity contribution < 1.29 is 4.21 Å². The molecule has 0 fully saturated rings. The molecule has 1 aromatic rings. The number of nitrogens with zero attached hydrogens (tertiary/aromatic N) is 2. The minimum Gasteiger partial charge on any atom is -0.262 e. The van der Waals surface area contributed by atoms with E-state index in [-0.39, 0.29) is 10.8 Å². The van der Waals surface area contributed by atoms with E-state index in [1.807, 2.05) is 58.1 Å². The van der Waals surface area contributed by atoms with Crippen LogP contribution in [0.3, 0.4) is 0 Å². The number of aromatic nitrogens is 1. The summed E-state index contributed by atoms with van der Waals surface area (Å²) < 4.78 is 14.3. The zero-order valence-electron chi connectivity index (χ0n) is 12.7. The third-order valence-corrected chi connectivity index (χ3v) is 5.16. The quantitative estimate of drug-likeness (QED) is 0.790. The normalized spacial score (nSPS) is 15.5. The Kier molecular flexibility index (Phi) is 5.33. The fourth-order valence-electron chi connectivity index (χ4n) is 1.85. The van der Waals surface area contributed by atoms with Crippen LogP contribution < -0.4 is 5.46 Å². The smallest absolute Gasteiger partial charge is 0.116 e. The summed E-state index contributed by atoms with van der Waals surface area (Å²) in [7, 11) is 4.85. The number of hydrogen-bond donors (Lipinski definition) is 0. The van der Waals surface area contributed by atoms with Gasteiger partial charge in [0.25, 0.3) is 0 Å². The highest BCUT2D eigenvalue weighted by atomic mass is 32.2. The van der Waals surface area contributed by atoms with Crippen LogP contribution in [0.15, 0.2) is 12.3 Å². The molecule has 2 atom stereocenters. The molecule has 1 aromatic heterocycles. The van der Waals surface area contributed by atoms with Crippen molar-refractivity contribution >= 4 is 24.3 Å². The van der Waals surface area contributed by atoms with E-state index in [4.69, 9.17) is 7.85 Å². The summed E-state index contributed by atoms with van der Waals surface area (Å²) in [4.78, 5) is 4.29. The second kappa shape index (κ2) is 6.18. The lowest BCUT2D eigenvalue weighted by atomic mass is 9.92. The molecule has 2 radical (unpaired) electrons. The van der Waals surface area contributed by atoms with Crippen LogP contribution in [-0.2, 0) is 11.0 Å². The molecule has 0 bridgehead atoms. The van der Waals surface area contributed by atoms with Gasteiger partial charge < -0.3 is 0 Å². The van der Waals surface area contributed by atoms with Gasteiger partial charge in [-0.15, -0.1) is 0 Å². The summed E-state index contributed by atoms with van der Waals surface area (Å²) in [5, 5.41) is 0. The van der Waals surface area contributed by atoms with Gasteiger partial charge in [0, 0.05) is 24.5 Å². The largest absolute Gasteiger partial charge is 0.262 e. The van der Waals surface area contributed by atoms with Gasteiger partial charge in [-0.1, -0.05) is 18.5 Å². The fourth-order valence-corrected chi connectivity index (χ4v) is 3.20. The van der Waals surface area contributed by atoms with E-state index in [1.54, 1.807) is 0 Å². The van der Waals surface area contributed by atoms with Gasteiger partial charge in [-0.05, 0) is 40.2 Å². The molecule has 0 unspecified atom stereocenters. The van der Waals surface area contributed by atoms with Crippen molar-refractivity contribution in [3.63, 3.8) is 0 Å². The third-order valence-electron chi connectivity index (χ3n) is 3.11. The fraction of sp³-hybridized carbons (Fsp3) is 0.643. The molecule has 3 nitrogen and oxygen atoms in total. The van der Waals surface area contributed by atoms with Gasteiger partial charge >= 0.3 is 0 Å². The first-order valence-electron chi connectivity index (χ1n) is 6.59. The van der Waals surface area contributed by atoms with Gasteiger partial charge in [-0.3, -0.25) is 4.98 Å². The zero-order valence-corrected chi connectivity index (χ0v) is 13.5. The lowest BCUT2D eigenvalue weighted by molar-refractivity contribution is 0.372. The highest BCUT2D eigenvalue weighted by Crippen LogP contribution is 2.25. The van der Waals surface area contributed by atoms with Crippen LogP contribution in [0.2, 0.25) is 0 Å². The van der Waals surface area contributed by atoms with Crippen LogP contribution in [0.25, 0.3) is 0 Å². The minimum absolute atomic E-state index is 0.0282. The maximum absolute atomic E-state index is 12.5. The highest BCUT2D eigenvalue weighted by Gasteiger charge is 2.29. The molecule has 0 aromatic carbocycles. The molecule has 1 rings (SSSR count). The van der Waals surface area contributed by atoms with Gasteiger partial charge in [-0.2, -0.15) is 0 Å². The molecule has 0 aliphatic rings. The second-order valence-corrected chi connectivity index (χ2v) is 7.91. The van der Waals surface area contributed by atoms with Crippen molar-refractivity contribution in [1.82, 2.24) is 9.29 Å². The van der Waals surface area contributed by atoms with Crippen molar-refractivity contribution in [3.8, 4) is 0 Å². The Bertz CT molecular complexity index is 471. The molecule has 0 aliphatic carbocycles. The molecule has 19 heavy (non-hydrogen) atoms. The van der Waals surface area contributed by atoms with Crippen molar-refractivity contribution in [2.75, 3.05) is 6.54 Å². The molecule has 0 amide bonds. The summed E-state index contributed by atoms with van der Waals surface area (Å²) in [6, 6.07) is 1.95. The maximum Gasteiger partial charge on any atom is 0.116 e. The molecule has 0 N–H and O–H groups in total. The lowest BCUT2D eigenvalue weighted by Crippen LogP contribution is -2.39. The van der Waals surface area contributed by atoms with Crippen LogP contribution in [0.1, 0.15) is 51.9 Å². The molecule has 5 heteroatoms. The van der Waals surface area contributed by atoms with Crippen LogP contribution in [0, 0.1) is 6.92 Å². The Hall–Kier alpha value is -0.675. The van der Waals surface area contributed by atoms with E-state index in [9.17, 15) is 4.21 Å². The predicted molar refractivity (Wildman–Crippen MR) is 83.1 cm³/mol. The minimum atomic E-state index is -1.05. The second-order valence-electron chi connectivity index (χ2n) is 5.71. The van der Waals surface area contributed by atoms with Gasteiger partial charge in [0.2, 0.25) is 0 Å². The Morgan fingerprint density at radius 3 is 2.47 bits per heavy atom. The highest BCUT2D eigenvalue weighted by molar-refractivity contribution is 7.84. The number of aryl methyl sites for hydroxylation is 1. The van der Waals surface area contributed by atoms with Gasteiger partial charge in [-0.25, -0.2) is 8.51 Å². The molecule has 0 aliphatic heterocycles. The zero-order chi connectivity index (χ0) is 14.8. The molecule has 1 heterocycles. The van der Waals surface area contributed by atoms with E-state index in [1.165, 1.54) is 0 Å². The lowest BCUT2D eigenvalue weighted by Gasteiger charge is -2.32. The van der Waals surface area contributed by atoms with E-state index in [2.05, 4.69) is 4.98 Å². The van der Waals surface area contributed by atoms with E-state index in [0.717, 1.165) is 17.8 Å². The average molecular weight is 278 g/mol. The first kappa shape index (κ1) is 16.4. The monoisotopic (exact) mass is 278 g/mol. The van der Waals surface area contributed by atoms with Crippen molar-refractivity contribution in [3.05, 3.63) is 23.5 Å². The topological polar surface area (TPSA) is 33.2 Å². The number of rotatable bonds is 4. The summed E-state index contributed by atoms with van der Waals surface area (Å²) in [5.41, 5.74) is 2.51. The van der Waals surface area contributed by atoms with Crippen LogP contribution in [0.5, 0.6) is 0 Å². The SMILES string of the molecule is [B]c1cc([C@@H](C)N(CC)[S@](=O)C(C)(C)C)cnc1C. The summed E-state index contributed by atoms with van der Waals surface area (Å²) in [5.74, 6) is 0. The van der Waals surface area contributed by atoms with E-state index in [0.29, 0.717) is 5.46 Å². The molecular weight excluding hydrogens is 255 g/mol. The molecule has 0 saturated carbocycles. The van der Waals surface area contributed by atoms with Crippen molar-refractivity contribution in [2.24, 2.45) is 0 Å². The predicted octanol–water partition coefficient (Wildman–Crippen LogP) is 2.03. The van der Waals surface area contributed by atoms with E-state index >= 15 is 0 Å². The van der Waals surface area contributed by atoms with E-state index < -0.39 is 11.0 Å². The van der Waals surface area contributed by atoms with Crippen molar-refractivity contribution in [1.29, 1.82) is 0 Å². The average Bonchev–Trinajstić information content (AvgIpc) is 2.32. The Labute approximate surface area is 120 Å². The van der Waals surface area contributed by atoms with Crippen LogP contribution >= 0.6 is 0 Å². The van der Waals surface area contributed by atoms with Gasteiger partial charge in [0.15, 0.2) is 0 Å². The first-order chi connectivity index (χ1) is 8.68. The molecular formula is C14H23BN2OS.